The standard InChI is InChI=1S/C23H25F3N4O4/c1-13(2)10-14(27)11-28-21(31)29(12-15-16(24)6-4-7-17(15)25)23(33)30(22(28)32)18-8-5-9-19(34-3)20(18)26/h4-9,13-14H,10-12,27H2,1-3H3. The third-order valence-corrected chi connectivity index (χ3v) is 5.28. The van der Waals surface area contributed by atoms with E-state index in [-0.39, 0.29) is 18.2 Å². The molecular weight excluding hydrogens is 453 g/mol. The van der Waals surface area contributed by atoms with Gasteiger partial charge in [-0.25, -0.2) is 41.3 Å². The monoisotopic (exact) mass is 478 g/mol. The van der Waals surface area contributed by atoms with Gasteiger partial charge in [-0.3, -0.25) is 0 Å². The minimum atomic E-state index is -1.27. The Labute approximate surface area is 192 Å². The molecule has 2 aromatic carbocycles. The van der Waals surface area contributed by atoms with Crippen LogP contribution >= 0.6 is 0 Å². The summed E-state index contributed by atoms with van der Waals surface area (Å²) in [6, 6.07) is 6.21. The number of nitrogens with two attached hydrogens (primary N) is 1. The molecule has 0 aliphatic rings. The molecule has 34 heavy (non-hydrogen) atoms. The van der Waals surface area contributed by atoms with Gasteiger partial charge in [-0.2, -0.15) is 0 Å². The molecule has 1 heterocycles. The molecule has 1 atom stereocenters. The predicted molar refractivity (Wildman–Crippen MR) is 120 cm³/mol. The highest BCUT2D eigenvalue weighted by atomic mass is 19.1. The second-order valence-corrected chi connectivity index (χ2v) is 8.26. The van der Waals surface area contributed by atoms with Gasteiger partial charge < -0.3 is 10.5 Å². The fraction of sp³-hybridized carbons (Fsp3) is 0.348. The summed E-state index contributed by atoms with van der Waals surface area (Å²) < 4.78 is 50.1. The minimum Gasteiger partial charge on any atom is -0.494 e. The predicted octanol–water partition coefficient (Wildman–Crippen LogP) is 2.01. The highest BCUT2D eigenvalue weighted by molar-refractivity contribution is 5.41. The van der Waals surface area contributed by atoms with Gasteiger partial charge in [0.2, 0.25) is 0 Å². The molecule has 0 bridgehead atoms. The third-order valence-electron chi connectivity index (χ3n) is 5.28. The first-order chi connectivity index (χ1) is 16.1. The summed E-state index contributed by atoms with van der Waals surface area (Å²) in [4.78, 5) is 39.6. The van der Waals surface area contributed by atoms with E-state index >= 15 is 4.39 Å². The molecule has 182 valence electrons. The Morgan fingerprint density at radius 2 is 1.50 bits per heavy atom. The zero-order valence-corrected chi connectivity index (χ0v) is 18.9. The van der Waals surface area contributed by atoms with Crippen molar-refractivity contribution in [3.05, 3.63) is 90.9 Å². The molecule has 8 nitrogen and oxygen atoms in total. The van der Waals surface area contributed by atoms with Crippen molar-refractivity contribution in [2.45, 2.75) is 39.4 Å². The fourth-order valence-corrected chi connectivity index (χ4v) is 3.72. The summed E-state index contributed by atoms with van der Waals surface area (Å²) in [6.07, 6.45) is 0.445. The Kier molecular flexibility index (Phi) is 7.45. The van der Waals surface area contributed by atoms with Crippen molar-refractivity contribution < 1.29 is 17.9 Å². The lowest BCUT2D eigenvalue weighted by Crippen LogP contribution is -2.55. The van der Waals surface area contributed by atoms with Gasteiger partial charge >= 0.3 is 17.1 Å². The maximum atomic E-state index is 15.0. The topological polar surface area (TPSA) is 101 Å². The fourth-order valence-electron chi connectivity index (χ4n) is 3.72. The van der Waals surface area contributed by atoms with Crippen LogP contribution in [0.4, 0.5) is 13.2 Å². The molecule has 3 rings (SSSR count). The number of ether oxygens (including phenoxy) is 1. The van der Waals surface area contributed by atoms with Gasteiger partial charge in [0.1, 0.15) is 11.6 Å². The molecule has 0 amide bonds. The molecule has 0 saturated heterocycles. The number of aromatic nitrogens is 3. The van der Waals surface area contributed by atoms with Crippen LogP contribution in [0.25, 0.3) is 5.69 Å². The smallest absolute Gasteiger partial charge is 0.341 e. The number of methoxy groups -OCH3 is 1. The Balaban J connectivity index is 2.33. The van der Waals surface area contributed by atoms with Crippen LogP contribution in [0.1, 0.15) is 25.8 Å². The van der Waals surface area contributed by atoms with Crippen molar-refractivity contribution >= 4 is 0 Å². The summed E-state index contributed by atoms with van der Waals surface area (Å²) in [5, 5.41) is 0. The summed E-state index contributed by atoms with van der Waals surface area (Å²) in [7, 11) is 1.20. The molecule has 0 radical (unpaired) electrons. The van der Waals surface area contributed by atoms with E-state index in [1.54, 1.807) is 0 Å². The van der Waals surface area contributed by atoms with Gasteiger partial charge in [-0.15, -0.1) is 0 Å². The second kappa shape index (κ2) is 10.1. The Morgan fingerprint density at radius 3 is 2.09 bits per heavy atom. The molecular formula is C23H25F3N4O4. The lowest BCUT2D eigenvalue weighted by molar-refractivity contribution is 0.382. The lowest BCUT2D eigenvalue weighted by Gasteiger charge is -2.18. The first-order valence-corrected chi connectivity index (χ1v) is 10.5. The van der Waals surface area contributed by atoms with E-state index in [1.807, 2.05) is 13.8 Å². The average Bonchev–Trinajstić information content (AvgIpc) is 2.76. The normalized spacial score (nSPS) is 12.2. The lowest BCUT2D eigenvalue weighted by atomic mass is 10.0. The van der Waals surface area contributed by atoms with Crippen molar-refractivity contribution in [1.29, 1.82) is 0 Å². The Morgan fingerprint density at radius 1 is 0.912 bits per heavy atom. The molecule has 0 fully saturated rings. The highest BCUT2D eigenvalue weighted by Crippen LogP contribution is 2.21. The van der Waals surface area contributed by atoms with E-state index < -0.39 is 58.4 Å². The van der Waals surface area contributed by atoms with Crippen LogP contribution in [0.3, 0.4) is 0 Å². The van der Waals surface area contributed by atoms with E-state index in [9.17, 15) is 23.2 Å². The molecule has 1 unspecified atom stereocenters. The minimum absolute atomic E-state index is 0.141. The highest BCUT2D eigenvalue weighted by Gasteiger charge is 2.23. The maximum absolute atomic E-state index is 15.0. The molecule has 0 aliphatic heterocycles. The van der Waals surface area contributed by atoms with Crippen molar-refractivity contribution in [3.63, 3.8) is 0 Å². The molecule has 11 heteroatoms. The van der Waals surface area contributed by atoms with E-state index in [2.05, 4.69) is 0 Å². The zero-order chi connectivity index (χ0) is 25.2. The molecule has 0 saturated carbocycles. The first-order valence-electron chi connectivity index (χ1n) is 10.5. The molecule has 3 aromatic rings. The van der Waals surface area contributed by atoms with E-state index in [1.165, 1.54) is 19.2 Å². The molecule has 0 aliphatic carbocycles. The summed E-state index contributed by atoms with van der Waals surface area (Å²) in [5.41, 5.74) is 1.53. The van der Waals surface area contributed by atoms with Crippen LogP contribution in [0.5, 0.6) is 5.75 Å². The number of nitrogens with zero attached hydrogens (tertiary/aromatic N) is 3. The van der Waals surface area contributed by atoms with Crippen LogP contribution in [-0.2, 0) is 13.1 Å². The molecule has 0 spiro atoms. The summed E-state index contributed by atoms with van der Waals surface area (Å²) >= 11 is 0. The van der Waals surface area contributed by atoms with Gasteiger partial charge in [0.05, 0.1) is 19.3 Å². The van der Waals surface area contributed by atoms with Gasteiger partial charge in [0, 0.05) is 18.2 Å². The van der Waals surface area contributed by atoms with Crippen LogP contribution in [0, 0.1) is 23.4 Å². The molecule has 2 N–H and O–H groups in total. The zero-order valence-electron chi connectivity index (χ0n) is 18.9. The van der Waals surface area contributed by atoms with Gasteiger partial charge in [0.25, 0.3) is 0 Å². The van der Waals surface area contributed by atoms with Gasteiger partial charge in [0.15, 0.2) is 11.6 Å². The number of rotatable bonds is 8. The van der Waals surface area contributed by atoms with Crippen LogP contribution in [0.15, 0.2) is 50.8 Å². The largest absolute Gasteiger partial charge is 0.494 e. The van der Waals surface area contributed by atoms with E-state index in [4.69, 9.17) is 10.5 Å². The van der Waals surface area contributed by atoms with Crippen LogP contribution < -0.4 is 27.5 Å². The van der Waals surface area contributed by atoms with Gasteiger partial charge in [-0.1, -0.05) is 26.0 Å². The van der Waals surface area contributed by atoms with E-state index in [0.29, 0.717) is 20.1 Å². The maximum Gasteiger partial charge on any atom is 0.341 e. The summed E-state index contributed by atoms with van der Waals surface area (Å²) in [6.45, 7) is 2.69. The van der Waals surface area contributed by atoms with Crippen molar-refractivity contribution in [1.82, 2.24) is 13.7 Å². The third kappa shape index (κ3) is 4.84. The Bertz CT molecular complexity index is 1360. The summed E-state index contributed by atoms with van der Waals surface area (Å²) in [5.74, 6) is -3.10. The van der Waals surface area contributed by atoms with Crippen molar-refractivity contribution in [2.24, 2.45) is 11.7 Å². The van der Waals surface area contributed by atoms with Crippen molar-refractivity contribution in [2.75, 3.05) is 7.11 Å². The SMILES string of the molecule is COc1cccc(-n2c(=O)n(Cc3c(F)cccc3F)c(=O)n(CC(N)CC(C)C)c2=O)c1F. The second-order valence-electron chi connectivity index (χ2n) is 8.26. The number of halogens is 3. The number of hydrogen-bond donors (Lipinski definition) is 1. The molecule has 1 aromatic heterocycles. The first kappa shape index (κ1) is 25.0. The number of benzene rings is 2. The quantitative estimate of drug-likeness (QED) is 0.534. The van der Waals surface area contributed by atoms with Crippen LogP contribution in [0.2, 0.25) is 0 Å². The number of hydrogen-bond acceptors (Lipinski definition) is 5. The average molecular weight is 478 g/mol. The van der Waals surface area contributed by atoms with Crippen molar-refractivity contribution in [3.8, 4) is 11.4 Å². The Hall–Kier alpha value is -3.60. The van der Waals surface area contributed by atoms with E-state index in [0.717, 1.165) is 24.3 Å². The van der Waals surface area contributed by atoms with Gasteiger partial charge in [-0.05, 0) is 36.6 Å². The van der Waals surface area contributed by atoms with Crippen LogP contribution in [-0.4, -0.2) is 26.9 Å².